The summed E-state index contributed by atoms with van der Waals surface area (Å²) >= 11 is 0. The Labute approximate surface area is 88.9 Å². The number of carbonyl (C=O) groups excluding carboxylic acids is 1. The van der Waals surface area contributed by atoms with Crippen molar-refractivity contribution in [2.45, 2.75) is 6.42 Å². The third-order valence-corrected chi connectivity index (χ3v) is 2.21. The number of hydrogen-bond donors (Lipinski definition) is 2. The van der Waals surface area contributed by atoms with E-state index in [1.165, 1.54) is 7.11 Å². The molecule has 0 saturated carbocycles. The molecule has 0 fully saturated rings. The van der Waals surface area contributed by atoms with Crippen LogP contribution in [-0.2, 0) is 6.42 Å². The maximum atomic E-state index is 10.8. The van der Waals surface area contributed by atoms with Crippen LogP contribution in [0.25, 0.3) is 0 Å². The molecular formula is C11H15NO3. The lowest BCUT2D eigenvalue weighted by atomic mass is 10.0. The largest absolute Gasteiger partial charge is 0.504 e. The van der Waals surface area contributed by atoms with Gasteiger partial charge in [-0.25, -0.2) is 0 Å². The van der Waals surface area contributed by atoms with E-state index in [9.17, 15) is 9.90 Å². The van der Waals surface area contributed by atoms with E-state index in [2.05, 4.69) is 5.32 Å². The molecule has 0 bridgehead atoms. The Balaban J connectivity index is 3.03. The number of methoxy groups -OCH3 is 1. The molecule has 0 saturated heterocycles. The van der Waals surface area contributed by atoms with Crippen molar-refractivity contribution in [1.29, 1.82) is 0 Å². The van der Waals surface area contributed by atoms with E-state index in [1.54, 1.807) is 12.1 Å². The molecule has 1 rings (SSSR count). The van der Waals surface area contributed by atoms with E-state index in [0.717, 1.165) is 18.4 Å². The molecule has 4 nitrogen and oxygen atoms in total. The Morgan fingerprint density at radius 3 is 2.80 bits per heavy atom. The van der Waals surface area contributed by atoms with E-state index >= 15 is 0 Å². The van der Waals surface area contributed by atoms with Crippen LogP contribution >= 0.6 is 0 Å². The van der Waals surface area contributed by atoms with Gasteiger partial charge >= 0.3 is 0 Å². The quantitative estimate of drug-likeness (QED) is 0.710. The summed E-state index contributed by atoms with van der Waals surface area (Å²) in [6.45, 7) is 0.757. The molecule has 4 heteroatoms. The third kappa shape index (κ3) is 2.70. The smallest absolute Gasteiger partial charge is 0.161 e. The van der Waals surface area contributed by atoms with E-state index in [-0.39, 0.29) is 5.75 Å². The molecular weight excluding hydrogens is 194 g/mol. The molecule has 1 aromatic carbocycles. The zero-order valence-electron chi connectivity index (χ0n) is 8.91. The minimum absolute atomic E-state index is 0.0641. The van der Waals surface area contributed by atoms with Gasteiger partial charge in [-0.2, -0.15) is 0 Å². The van der Waals surface area contributed by atoms with Crippen molar-refractivity contribution in [3.63, 3.8) is 0 Å². The van der Waals surface area contributed by atoms with Gasteiger partial charge in [-0.3, -0.25) is 4.79 Å². The highest BCUT2D eigenvalue weighted by Crippen LogP contribution is 2.28. The fourth-order valence-electron chi connectivity index (χ4n) is 1.38. The average molecular weight is 209 g/mol. The summed E-state index contributed by atoms with van der Waals surface area (Å²) < 4.78 is 4.92. The van der Waals surface area contributed by atoms with Crippen LogP contribution < -0.4 is 10.1 Å². The van der Waals surface area contributed by atoms with Crippen LogP contribution in [0.15, 0.2) is 12.1 Å². The third-order valence-electron chi connectivity index (χ3n) is 2.21. The Bertz CT molecular complexity index is 350. The van der Waals surface area contributed by atoms with Crippen molar-refractivity contribution in [3.8, 4) is 11.5 Å². The summed E-state index contributed by atoms with van der Waals surface area (Å²) in [4.78, 5) is 10.8. The van der Waals surface area contributed by atoms with Gasteiger partial charge < -0.3 is 15.2 Å². The first-order valence-electron chi connectivity index (χ1n) is 4.72. The Hall–Kier alpha value is -1.55. The van der Waals surface area contributed by atoms with E-state index in [4.69, 9.17) is 4.74 Å². The fourth-order valence-corrected chi connectivity index (χ4v) is 1.38. The van der Waals surface area contributed by atoms with Gasteiger partial charge in [0.1, 0.15) is 6.29 Å². The van der Waals surface area contributed by atoms with Crippen molar-refractivity contribution in [2.75, 3.05) is 20.7 Å². The molecule has 0 aliphatic carbocycles. The number of phenolic OH excluding ortho intramolecular Hbond substituents is 1. The van der Waals surface area contributed by atoms with Gasteiger partial charge in [0.25, 0.3) is 0 Å². The Morgan fingerprint density at radius 1 is 1.53 bits per heavy atom. The molecule has 0 aromatic heterocycles. The van der Waals surface area contributed by atoms with Crippen LogP contribution in [0.4, 0.5) is 0 Å². The van der Waals surface area contributed by atoms with Crippen LogP contribution in [0.1, 0.15) is 15.9 Å². The number of nitrogens with one attached hydrogen (secondary N) is 1. The summed E-state index contributed by atoms with van der Waals surface area (Å²) in [6, 6.07) is 3.12. The number of rotatable bonds is 5. The van der Waals surface area contributed by atoms with Crippen molar-refractivity contribution in [3.05, 3.63) is 23.3 Å². The van der Waals surface area contributed by atoms with Crippen molar-refractivity contribution >= 4 is 6.29 Å². The van der Waals surface area contributed by atoms with Gasteiger partial charge in [-0.05, 0) is 37.7 Å². The second kappa shape index (κ2) is 5.36. The van der Waals surface area contributed by atoms with Crippen LogP contribution in [0.3, 0.4) is 0 Å². The van der Waals surface area contributed by atoms with Crippen LogP contribution in [-0.4, -0.2) is 32.1 Å². The number of carbonyl (C=O) groups is 1. The number of aldehydes is 1. The molecule has 1 aromatic rings. The lowest BCUT2D eigenvalue weighted by molar-refractivity contribution is 0.112. The molecule has 0 heterocycles. The highest BCUT2D eigenvalue weighted by Gasteiger charge is 2.08. The minimum atomic E-state index is 0.0641. The normalized spacial score (nSPS) is 10.0. The van der Waals surface area contributed by atoms with Crippen LogP contribution in [0, 0.1) is 0 Å². The number of aromatic hydroxyl groups is 1. The first-order valence-corrected chi connectivity index (χ1v) is 4.72. The molecule has 0 radical (unpaired) electrons. The zero-order valence-corrected chi connectivity index (χ0v) is 8.91. The van der Waals surface area contributed by atoms with Crippen LogP contribution in [0.2, 0.25) is 0 Å². The van der Waals surface area contributed by atoms with Crippen molar-refractivity contribution in [1.82, 2.24) is 5.32 Å². The standard InChI is InChI=1S/C11H15NO3/c1-12-4-3-8-5-10(14)11(15-2)6-9(8)7-13/h5-7,12,14H,3-4H2,1-2H3. The molecule has 0 aliphatic heterocycles. The lowest BCUT2D eigenvalue weighted by Crippen LogP contribution is -2.11. The predicted octanol–water partition coefficient (Wildman–Crippen LogP) is 0.975. The zero-order chi connectivity index (χ0) is 11.3. The van der Waals surface area contributed by atoms with Gasteiger partial charge in [0, 0.05) is 5.56 Å². The first-order chi connectivity index (χ1) is 7.22. The van der Waals surface area contributed by atoms with E-state index in [1.807, 2.05) is 7.05 Å². The van der Waals surface area contributed by atoms with Gasteiger partial charge in [0.15, 0.2) is 11.5 Å². The number of likely N-dealkylation sites (N-methyl/N-ethyl adjacent to an activating group) is 1. The van der Waals surface area contributed by atoms with Gasteiger partial charge in [0.05, 0.1) is 7.11 Å². The number of phenols is 1. The van der Waals surface area contributed by atoms with Crippen molar-refractivity contribution in [2.24, 2.45) is 0 Å². The van der Waals surface area contributed by atoms with Crippen LogP contribution in [0.5, 0.6) is 11.5 Å². The Kier molecular flexibility index (Phi) is 4.12. The molecule has 15 heavy (non-hydrogen) atoms. The second-order valence-corrected chi connectivity index (χ2v) is 3.19. The molecule has 0 atom stereocenters. The van der Waals surface area contributed by atoms with Gasteiger partial charge in [0.2, 0.25) is 0 Å². The summed E-state index contributed by atoms with van der Waals surface area (Å²) in [6.07, 6.45) is 1.47. The summed E-state index contributed by atoms with van der Waals surface area (Å²) in [5.74, 6) is 0.388. The summed E-state index contributed by atoms with van der Waals surface area (Å²) in [5, 5.41) is 12.5. The number of hydrogen-bond acceptors (Lipinski definition) is 4. The summed E-state index contributed by atoms with van der Waals surface area (Å²) in [5.41, 5.74) is 1.37. The van der Waals surface area contributed by atoms with E-state index < -0.39 is 0 Å². The van der Waals surface area contributed by atoms with Crippen molar-refractivity contribution < 1.29 is 14.6 Å². The predicted molar refractivity (Wildman–Crippen MR) is 57.7 cm³/mol. The Morgan fingerprint density at radius 2 is 2.27 bits per heavy atom. The molecule has 2 N–H and O–H groups in total. The molecule has 0 unspecified atom stereocenters. The maximum absolute atomic E-state index is 10.8. The topological polar surface area (TPSA) is 58.6 Å². The monoisotopic (exact) mass is 209 g/mol. The second-order valence-electron chi connectivity index (χ2n) is 3.19. The number of ether oxygens (including phenoxy) is 1. The molecule has 0 spiro atoms. The van der Waals surface area contributed by atoms with E-state index in [0.29, 0.717) is 17.7 Å². The molecule has 0 aliphatic rings. The highest BCUT2D eigenvalue weighted by molar-refractivity contribution is 5.79. The number of benzene rings is 1. The average Bonchev–Trinajstić information content (AvgIpc) is 2.26. The SMILES string of the molecule is CNCCc1cc(O)c(OC)cc1C=O. The fraction of sp³-hybridized carbons (Fsp3) is 0.364. The summed E-state index contributed by atoms with van der Waals surface area (Å²) in [7, 11) is 3.29. The molecule has 0 amide bonds. The minimum Gasteiger partial charge on any atom is -0.504 e. The molecule has 82 valence electrons. The van der Waals surface area contributed by atoms with Gasteiger partial charge in [-0.1, -0.05) is 0 Å². The first kappa shape index (κ1) is 11.5. The lowest BCUT2D eigenvalue weighted by Gasteiger charge is -2.09. The highest BCUT2D eigenvalue weighted by atomic mass is 16.5. The maximum Gasteiger partial charge on any atom is 0.161 e. The van der Waals surface area contributed by atoms with Gasteiger partial charge in [-0.15, -0.1) is 0 Å².